The van der Waals surface area contributed by atoms with Gasteiger partial charge in [-0.15, -0.1) is 0 Å². The van der Waals surface area contributed by atoms with Crippen LogP contribution in [-0.2, 0) is 11.8 Å². The first kappa shape index (κ1) is 13.5. The summed E-state index contributed by atoms with van der Waals surface area (Å²) in [7, 11) is 1.53. The lowest BCUT2D eigenvalue weighted by Gasteiger charge is -2.13. The highest BCUT2D eigenvalue weighted by molar-refractivity contribution is 7.09. The second kappa shape index (κ2) is 5.14. The number of nitrogens with zero attached hydrogens (tertiary/aromatic N) is 1. The molecule has 21 heavy (non-hydrogen) atoms. The molecule has 0 aliphatic heterocycles. The summed E-state index contributed by atoms with van der Waals surface area (Å²) in [6, 6.07) is 5.82. The van der Waals surface area contributed by atoms with E-state index in [0.29, 0.717) is 21.9 Å². The Morgan fingerprint density at radius 1 is 1.19 bits per heavy atom. The quantitative estimate of drug-likeness (QED) is 0.699. The third-order valence-electron chi connectivity index (χ3n) is 3.28. The molecule has 0 saturated carbocycles. The topological polar surface area (TPSA) is 48.3 Å². The highest BCUT2D eigenvalue weighted by Gasteiger charge is 2.18. The fourth-order valence-corrected chi connectivity index (χ4v) is 3.10. The lowest BCUT2D eigenvalue weighted by molar-refractivity contribution is -0.121. The Balaban J connectivity index is 2.43. The number of ether oxygens (including phenoxy) is 1. The van der Waals surface area contributed by atoms with Crippen LogP contribution in [0.4, 0.5) is 4.39 Å². The minimum absolute atomic E-state index is 0.146. The predicted octanol–water partition coefficient (Wildman–Crippen LogP) is 2.94. The Labute approximate surface area is 123 Å². The fourth-order valence-electron chi connectivity index (χ4n) is 2.29. The highest BCUT2D eigenvalue weighted by atomic mass is 32.1. The molecular formula is C15H10FNO3S. The number of aromatic nitrogens is 1. The molecule has 0 bridgehead atoms. The van der Waals surface area contributed by atoms with Gasteiger partial charge in [-0.2, -0.15) is 11.3 Å². The van der Waals surface area contributed by atoms with Gasteiger partial charge < -0.3 is 4.74 Å². The Bertz CT molecular complexity index is 880. The van der Waals surface area contributed by atoms with Crippen LogP contribution in [0.25, 0.3) is 21.9 Å². The molecule has 106 valence electrons. The van der Waals surface area contributed by atoms with E-state index in [9.17, 15) is 14.0 Å². The fraction of sp³-hybridized carbons (Fsp3) is 0.0667. The number of halogens is 1. The Morgan fingerprint density at radius 2 is 1.86 bits per heavy atom. The summed E-state index contributed by atoms with van der Waals surface area (Å²) in [5.74, 6) is -0.213. The summed E-state index contributed by atoms with van der Waals surface area (Å²) in [6.45, 7) is 0.278. The molecule has 2 aromatic heterocycles. The number of fused-ring (bicyclic) bond motifs is 1. The van der Waals surface area contributed by atoms with E-state index in [4.69, 9.17) is 4.74 Å². The highest BCUT2D eigenvalue weighted by Crippen LogP contribution is 2.36. The van der Waals surface area contributed by atoms with E-state index in [1.54, 1.807) is 17.5 Å². The maximum atomic E-state index is 13.1. The summed E-state index contributed by atoms with van der Waals surface area (Å²) in [6.07, 6.45) is 0. The SMILES string of the molecule is Cn1c(OC=O)c(-c2ccc(F)cc2)c2cscc2c1=O. The van der Waals surface area contributed by atoms with Gasteiger partial charge in [-0.05, 0) is 23.1 Å². The smallest absolute Gasteiger partial charge is 0.299 e. The van der Waals surface area contributed by atoms with Crippen LogP contribution in [0.5, 0.6) is 5.88 Å². The monoisotopic (exact) mass is 303 g/mol. The number of benzene rings is 1. The number of carbonyl (C=O) groups excluding carboxylic acids is 1. The molecule has 0 unspecified atom stereocenters. The number of carbonyl (C=O) groups is 1. The van der Waals surface area contributed by atoms with Crippen molar-refractivity contribution in [1.29, 1.82) is 0 Å². The van der Waals surface area contributed by atoms with Crippen LogP contribution in [0.15, 0.2) is 39.8 Å². The second-order valence-corrected chi connectivity index (χ2v) is 5.21. The van der Waals surface area contributed by atoms with Crippen LogP contribution >= 0.6 is 11.3 Å². The average molecular weight is 303 g/mol. The molecule has 0 N–H and O–H groups in total. The predicted molar refractivity (Wildman–Crippen MR) is 79.2 cm³/mol. The van der Waals surface area contributed by atoms with Gasteiger partial charge in [0.2, 0.25) is 5.88 Å². The lowest BCUT2D eigenvalue weighted by Crippen LogP contribution is -2.19. The van der Waals surface area contributed by atoms with Crippen molar-refractivity contribution >= 4 is 28.6 Å². The van der Waals surface area contributed by atoms with Crippen LogP contribution in [0.3, 0.4) is 0 Å². The third kappa shape index (κ3) is 2.13. The molecule has 2 heterocycles. The molecular weight excluding hydrogens is 293 g/mol. The Kier molecular flexibility index (Phi) is 3.31. The number of pyridine rings is 1. The van der Waals surface area contributed by atoms with E-state index in [-0.39, 0.29) is 23.7 Å². The van der Waals surface area contributed by atoms with Crippen LogP contribution in [0.1, 0.15) is 0 Å². The summed E-state index contributed by atoms with van der Waals surface area (Å²) >= 11 is 1.38. The van der Waals surface area contributed by atoms with E-state index >= 15 is 0 Å². The molecule has 0 aliphatic rings. The summed E-state index contributed by atoms with van der Waals surface area (Å²) < 4.78 is 19.4. The number of hydrogen-bond acceptors (Lipinski definition) is 4. The number of thiophene rings is 1. The Morgan fingerprint density at radius 3 is 2.52 bits per heavy atom. The van der Waals surface area contributed by atoms with Crippen LogP contribution in [-0.4, -0.2) is 11.0 Å². The van der Waals surface area contributed by atoms with Crippen molar-refractivity contribution in [2.24, 2.45) is 7.05 Å². The van der Waals surface area contributed by atoms with Gasteiger partial charge in [0.05, 0.1) is 10.9 Å². The van der Waals surface area contributed by atoms with Crippen molar-refractivity contribution in [1.82, 2.24) is 4.57 Å². The van der Waals surface area contributed by atoms with Gasteiger partial charge in [0.1, 0.15) is 5.82 Å². The maximum absolute atomic E-state index is 13.1. The molecule has 0 radical (unpaired) electrons. The zero-order valence-electron chi connectivity index (χ0n) is 11.0. The van der Waals surface area contributed by atoms with E-state index in [2.05, 4.69) is 0 Å². The Hall–Kier alpha value is -2.47. The number of rotatable bonds is 3. The van der Waals surface area contributed by atoms with Gasteiger partial charge in [0.15, 0.2) is 0 Å². The molecule has 0 amide bonds. The summed E-state index contributed by atoms with van der Waals surface area (Å²) in [5, 5.41) is 4.79. The van der Waals surface area contributed by atoms with Crippen molar-refractivity contribution < 1.29 is 13.9 Å². The largest absolute Gasteiger partial charge is 0.411 e. The van der Waals surface area contributed by atoms with Crippen LogP contribution in [0, 0.1) is 5.82 Å². The van der Waals surface area contributed by atoms with Crippen molar-refractivity contribution in [3.05, 3.63) is 51.2 Å². The lowest BCUT2D eigenvalue weighted by atomic mass is 10.0. The van der Waals surface area contributed by atoms with Gasteiger partial charge in [-0.1, -0.05) is 12.1 Å². The first-order chi connectivity index (χ1) is 10.1. The third-order valence-corrected chi connectivity index (χ3v) is 4.02. The van der Waals surface area contributed by atoms with Gasteiger partial charge in [-0.25, -0.2) is 4.39 Å². The first-order valence-electron chi connectivity index (χ1n) is 6.08. The molecule has 6 heteroatoms. The summed E-state index contributed by atoms with van der Waals surface area (Å²) in [4.78, 5) is 23.0. The molecule has 0 fully saturated rings. The molecule has 0 saturated heterocycles. The van der Waals surface area contributed by atoms with Crippen molar-refractivity contribution in [3.8, 4) is 17.0 Å². The average Bonchev–Trinajstić information content (AvgIpc) is 2.96. The van der Waals surface area contributed by atoms with Gasteiger partial charge in [0.25, 0.3) is 12.0 Å². The molecule has 3 rings (SSSR count). The maximum Gasteiger partial charge on any atom is 0.299 e. The van der Waals surface area contributed by atoms with E-state index in [1.165, 1.54) is 35.1 Å². The first-order valence-corrected chi connectivity index (χ1v) is 7.03. The minimum atomic E-state index is -0.358. The van der Waals surface area contributed by atoms with Crippen molar-refractivity contribution in [2.75, 3.05) is 0 Å². The number of hydrogen-bond donors (Lipinski definition) is 0. The zero-order valence-corrected chi connectivity index (χ0v) is 11.8. The molecule has 0 atom stereocenters. The standard InChI is InChI=1S/C15H10FNO3S/c1-17-14(19)12-7-21-6-11(12)13(15(17)20-8-18)9-2-4-10(16)5-3-9/h2-8H,1H3. The molecule has 0 spiro atoms. The van der Waals surface area contributed by atoms with Gasteiger partial charge in [-0.3, -0.25) is 14.2 Å². The minimum Gasteiger partial charge on any atom is -0.411 e. The molecule has 1 aromatic carbocycles. The summed E-state index contributed by atoms with van der Waals surface area (Å²) in [5.41, 5.74) is 1.03. The van der Waals surface area contributed by atoms with Crippen molar-refractivity contribution in [2.45, 2.75) is 0 Å². The molecule has 0 aliphatic carbocycles. The molecule has 3 aromatic rings. The second-order valence-electron chi connectivity index (χ2n) is 4.46. The van der Waals surface area contributed by atoms with Crippen LogP contribution < -0.4 is 10.3 Å². The van der Waals surface area contributed by atoms with E-state index in [1.807, 2.05) is 5.38 Å². The van der Waals surface area contributed by atoms with E-state index in [0.717, 1.165) is 0 Å². The normalized spacial score (nSPS) is 10.8. The zero-order chi connectivity index (χ0) is 15.0. The van der Waals surface area contributed by atoms with Crippen molar-refractivity contribution in [3.63, 3.8) is 0 Å². The molecule has 4 nitrogen and oxygen atoms in total. The van der Waals surface area contributed by atoms with Gasteiger partial charge >= 0.3 is 0 Å². The van der Waals surface area contributed by atoms with E-state index < -0.39 is 0 Å². The van der Waals surface area contributed by atoms with Gasteiger partial charge in [0, 0.05) is 17.8 Å². The van der Waals surface area contributed by atoms with Crippen LogP contribution in [0.2, 0.25) is 0 Å².